The summed E-state index contributed by atoms with van der Waals surface area (Å²) in [7, 11) is 1.58. The van der Waals surface area contributed by atoms with Crippen LogP contribution in [0.15, 0.2) is 96.6 Å². The molecule has 7 rings (SSSR count). The lowest BCUT2D eigenvalue weighted by molar-refractivity contribution is -0.132. The van der Waals surface area contributed by atoms with Gasteiger partial charge in [0.15, 0.2) is 5.13 Å². The fourth-order valence-electron chi connectivity index (χ4n) is 5.68. The average Bonchev–Trinajstić information content (AvgIpc) is 3.72. The number of ether oxygens (including phenoxy) is 3. The van der Waals surface area contributed by atoms with Crippen LogP contribution in [0.5, 0.6) is 17.2 Å². The van der Waals surface area contributed by atoms with Crippen molar-refractivity contribution in [2.45, 2.75) is 32.1 Å². The van der Waals surface area contributed by atoms with E-state index < -0.39 is 17.7 Å². The van der Waals surface area contributed by atoms with Gasteiger partial charge in [-0.2, -0.15) is 0 Å². The highest BCUT2D eigenvalue weighted by Gasteiger charge is 2.48. The van der Waals surface area contributed by atoms with Gasteiger partial charge in [0.05, 0.1) is 28.9 Å². The second kappa shape index (κ2) is 11.2. The number of amides is 1. The van der Waals surface area contributed by atoms with Crippen LogP contribution in [-0.4, -0.2) is 35.0 Å². The van der Waals surface area contributed by atoms with Gasteiger partial charge in [0.1, 0.15) is 35.7 Å². The first-order valence-electron chi connectivity index (χ1n) is 14.2. The predicted octanol–water partition coefficient (Wildman–Crippen LogP) is 6.83. The molecule has 220 valence electrons. The molecular weight excluding hydrogens is 576 g/mol. The van der Waals surface area contributed by atoms with E-state index in [1.54, 1.807) is 37.4 Å². The highest BCUT2D eigenvalue weighted by molar-refractivity contribution is 7.22. The molecule has 2 atom stereocenters. The molecule has 3 heterocycles. The molecule has 1 aromatic heterocycles. The van der Waals surface area contributed by atoms with Crippen molar-refractivity contribution >= 4 is 44.1 Å². The van der Waals surface area contributed by atoms with Gasteiger partial charge in [-0.25, -0.2) is 4.98 Å². The molecule has 2 aliphatic heterocycles. The lowest BCUT2D eigenvalue weighted by Crippen LogP contribution is -2.29. The van der Waals surface area contributed by atoms with Crippen LogP contribution < -0.4 is 19.1 Å². The molecule has 5 aromatic rings. The zero-order chi connectivity index (χ0) is 30.4. The molecule has 0 unspecified atom stereocenters. The molecule has 4 aromatic carbocycles. The number of carbonyl (C=O) groups is 2. The second-order valence-electron chi connectivity index (χ2n) is 10.8. The fourth-order valence-corrected chi connectivity index (χ4v) is 6.70. The number of aliphatic hydroxyl groups is 1. The van der Waals surface area contributed by atoms with E-state index in [1.165, 1.54) is 16.2 Å². The van der Waals surface area contributed by atoms with Gasteiger partial charge in [-0.1, -0.05) is 53.8 Å². The van der Waals surface area contributed by atoms with E-state index in [0.717, 1.165) is 21.6 Å². The summed E-state index contributed by atoms with van der Waals surface area (Å²) in [6, 6.07) is 26.9. The van der Waals surface area contributed by atoms with Crippen molar-refractivity contribution in [1.82, 2.24) is 4.98 Å². The summed E-state index contributed by atoms with van der Waals surface area (Å²) < 4.78 is 18.0. The van der Waals surface area contributed by atoms with Gasteiger partial charge in [0.2, 0.25) is 0 Å². The normalized spacial score (nSPS) is 18.8. The average molecular weight is 605 g/mol. The predicted molar refractivity (Wildman–Crippen MR) is 168 cm³/mol. The summed E-state index contributed by atoms with van der Waals surface area (Å²) >= 11 is 1.28. The first-order valence-corrected chi connectivity index (χ1v) is 15.0. The maximum Gasteiger partial charge on any atom is 0.301 e. The molecule has 0 spiro atoms. The summed E-state index contributed by atoms with van der Waals surface area (Å²) in [5, 5.41) is 12.0. The first-order chi connectivity index (χ1) is 21.4. The van der Waals surface area contributed by atoms with Crippen molar-refractivity contribution in [2.24, 2.45) is 0 Å². The van der Waals surface area contributed by atoms with Gasteiger partial charge in [0, 0.05) is 12.0 Å². The number of methoxy groups -OCH3 is 1. The number of anilines is 1. The SMILES string of the molecule is COc1ccc2nc(N3C(=O)C(=O)C(=C(O)c4ccc5c(c4)C[C@@H](C)O5)[C@H]3c3ccc(OCc4ccccc4)cc3)sc2c1. The molecule has 0 aliphatic carbocycles. The molecule has 1 saturated heterocycles. The number of aromatic nitrogens is 1. The van der Waals surface area contributed by atoms with Gasteiger partial charge in [-0.05, 0) is 72.1 Å². The summed E-state index contributed by atoms with van der Waals surface area (Å²) in [6.07, 6.45) is 0.710. The Labute approximate surface area is 257 Å². The van der Waals surface area contributed by atoms with E-state index in [0.29, 0.717) is 46.3 Å². The van der Waals surface area contributed by atoms with Crippen LogP contribution in [0, 0.1) is 0 Å². The Morgan fingerprint density at radius 1 is 1.00 bits per heavy atom. The third-order valence-electron chi connectivity index (χ3n) is 7.85. The maximum absolute atomic E-state index is 13.7. The van der Waals surface area contributed by atoms with Crippen molar-refractivity contribution in [3.05, 3.63) is 119 Å². The third kappa shape index (κ3) is 4.95. The highest BCUT2D eigenvalue weighted by Crippen LogP contribution is 2.45. The van der Waals surface area contributed by atoms with E-state index in [2.05, 4.69) is 0 Å². The lowest BCUT2D eigenvalue weighted by atomic mass is 9.94. The van der Waals surface area contributed by atoms with Crippen LogP contribution >= 0.6 is 11.3 Å². The van der Waals surface area contributed by atoms with Crippen molar-refractivity contribution in [2.75, 3.05) is 12.0 Å². The minimum Gasteiger partial charge on any atom is -0.507 e. The Balaban J connectivity index is 1.31. The molecule has 0 bridgehead atoms. The van der Waals surface area contributed by atoms with Crippen molar-refractivity contribution < 1.29 is 28.9 Å². The van der Waals surface area contributed by atoms with Crippen LogP contribution in [-0.2, 0) is 22.6 Å². The quantitative estimate of drug-likeness (QED) is 0.123. The molecule has 44 heavy (non-hydrogen) atoms. The number of thiazole rings is 1. The molecule has 1 N–H and O–H groups in total. The van der Waals surface area contributed by atoms with E-state index in [-0.39, 0.29) is 17.4 Å². The zero-order valence-corrected chi connectivity index (χ0v) is 24.8. The minimum atomic E-state index is -0.913. The molecular formula is C35H28N2O6S. The molecule has 0 radical (unpaired) electrons. The number of benzene rings is 4. The van der Waals surface area contributed by atoms with E-state index in [4.69, 9.17) is 19.2 Å². The summed E-state index contributed by atoms with van der Waals surface area (Å²) in [5.41, 5.74) is 3.72. The number of Topliss-reactive ketones (excluding diaryl/α,β-unsaturated/α-hetero) is 1. The van der Waals surface area contributed by atoms with Gasteiger partial charge < -0.3 is 19.3 Å². The third-order valence-corrected chi connectivity index (χ3v) is 8.87. The largest absolute Gasteiger partial charge is 0.507 e. The molecule has 9 heteroatoms. The van der Waals surface area contributed by atoms with Gasteiger partial charge >= 0.3 is 5.91 Å². The Hall–Kier alpha value is -5.15. The summed E-state index contributed by atoms with van der Waals surface area (Å²) in [5.74, 6) is 0.262. The molecule has 1 amide bonds. The van der Waals surface area contributed by atoms with Crippen molar-refractivity contribution in [3.63, 3.8) is 0 Å². The number of rotatable bonds is 7. The molecule has 2 aliphatic rings. The summed E-state index contributed by atoms with van der Waals surface area (Å²) in [4.78, 5) is 33.5. The van der Waals surface area contributed by atoms with Gasteiger partial charge in [-0.3, -0.25) is 14.5 Å². The number of carbonyl (C=O) groups excluding carboxylic acids is 2. The molecule has 0 saturated carbocycles. The number of hydrogen-bond acceptors (Lipinski definition) is 8. The van der Waals surface area contributed by atoms with Crippen LogP contribution in [0.25, 0.3) is 16.0 Å². The van der Waals surface area contributed by atoms with Crippen LogP contribution in [0.3, 0.4) is 0 Å². The Morgan fingerprint density at radius 2 is 1.77 bits per heavy atom. The number of fused-ring (bicyclic) bond motifs is 2. The van der Waals surface area contributed by atoms with Crippen LogP contribution in [0.4, 0.5) is 5.13 Å². The summed E-state index contributed by atoms with van der Waals surface area (Å²) in [6.45, 7) is 2.38. The first kappa shape index (κ1) is 27.7. The number of hydrogen-bond donors (Lipinski definition) is 1. The Bertz CT molecular complexity index is 1930. The standard InChI is InChI=1S/C35H28N2O6S/c1-20-16-24-17-23(10-15-28(24)43-20)32(38)30-31(22-8-11-25(12-9-22)42-19-21-6-4-3-5-7-21)37(34(40)33(30)39)35-36-27-14-13-26(41-2)18-29(27)44-35/h3-15,17-18,20,31,38H,16,19H2,1-2H3/t20-,31-/m1/s1. The number of nitrogens with zero attached hydrogens (tertiary/aromatic N) is 2. The monoisotopic (exact) mass is 604 g/mol. The van der Waals surface area contributed by atoms with Gasteiger partial charge in [0.25, 0.3) is 5.78 Å². The fraction of sp³-hybridized carbons (Fsp3) is 0.171. The lowest BCUT2D eigenvalue weighted by Gasteiger charge is -2.23. The Morgan fingerprint density at radius 3 is 2.55 bits per heavy atom. The van der Waals surface area contributed by atoms with Crippen molar-refractivity contribution in [3.8, 4) is 17.2 Å². The maximum atomic E-state index is 13.7. The van der Waals surface area contributed by atoms with Crippen molar-refractivity contribution in [1.29, 1.82) is 0 Å². The number of ketones is 1. The minimum absolute atomic E-state index is 0.00305. The molecule has 8 nitrogen and oxygen atoms in total. The van der Waals surface area contributed by atoms with Gasteiger partial charge in [-0.15, -0.1) is 0 Å². The zero-order valence-electron chi connectivity index (χ0n) is 24.0. The topological polar surface area (TPSA) is 98.2 Å². The van der Waals surface area contributed by atoms with E-state index >= 15 is 0 Å². The Kier molecular flexibility index (Phi) is 7.02. The van der Waals surface area contributed by atoms with E-state index in [1.807, 2.05) is 67.6 Å². The highest BCUT2D eigenvalue weighted by atomic mass is 32.1. The smallest absolute Gasteiger partial charge is 0.301 e. The number of aliphatic hydroxyl groups excluding tert-OH is 1. The molecule has 1 fully saturated rings. The van der Waals surface area contributed by atoms with Crippen LogP contribution in [0.2, 0.25) is 0 Å². The van der Waals surface area contributed by atoms with E-state index in [9.17, 15) is 14.7 Å². The van der Waals surface area contributed by atoms with Crippen LogP contribution in [0.1, 0.15) is 35.2 Å². The second-order valence-corrected chi connectivity index (χ2v) is 11.8.